The molecule has 17 heavy (non-hydrogen) atoms. The maximum atomic E-state index is 5.84. The molecule has 2 rings (SSSR count). The topological polar surface area (TPSA) is 64.7 Å². The largest absolute Gasteiger partial charge is 0.324 e. The van der Waals surface area contributed by atoms with Gasteiger partial charge in [-0.25, -0.2) is 9.97 Å². The van der Waals surface area contributed by atoms with Gasteiger partial charge >= 0.3 is 0 Å². The Morgan fingerprint density at radius 3 is 2.59 bits per heavy atom. The molecule has 0 unspecified atom stereocenters. The highest BCUT2D eigenvalue weighted by molar-refractivity contribution is 5.58. The molecule has 2 heterocycles. The van der Waals surface area contributed by atoms with Gasteiger partial charge < -0.3 is 5.73 Å². The monoisotopic (exact) mass is 228 g/mol. The molecular weight excluding hydrogens is 212 g/mol. The Hall–Kier alpha value is -1.81. The van der Waals surface area contributed by atoms with Gasteiger partial charge in [0, 0.05) is 41.5 Å². The maximum absolute atomic E-state index is 5.84. The molecule has 0 radical (unpaired) electrons. The number of hydrogen-bond donors (Lipinski definition) is 1. The summed E-state index contributed by atoms with van der Waals surface area (Å²) in [7, 11) is 0. The second kappa shape index (κ2) is 4.59. The van der Waals surface area contributed by atoms with Gasteiger partial charge in [0.05, 0.1) is 0 Å². The van der Waals surface area contributed by atoms with Gasteiger partial charge in [0.1, 0.15) is 0 Å². The van der Waals surface area contributed by atoms with Crippen LogP contribution in [-0.2, 0) is 0 Å². The molecule has 2 N–H and O–H groups in total. The molecule has 0 fully saturated rings. The molecular formula is C13H16N4. The van der Waals surface area contributed by atoms with Gasteiger partial charge in [-0.3, -0.25) is 4.98 Å². The summed E-state index contributed by atoms with van der Waals surface area (Å²) in [4.78, 5) is 13.0. The Balaban J connectivity index is 2.49. The van der Waals surface area contributed by atoms with Crippen LogP contribution in [0.3, 0.4) is 0 Å². The number of rotatable bonds is 2. The zero-order valence-corrected chi connectivity index (χ0v) is 10.3. The van der Waals surface area contributed by atoms with Crippen LogP contribution in [-0.4, -0.2) is 15.0 Å². The SMILES string of the molecule is Cc1ccncc1-c1ncc([C@@H](C)N)c(C)n1. The van der Waals surface area contributed by atoms with E-state index in [1.54, 1.807) is 18.6 Å². The van der Waals surface area contributed by atoms with Crippen molar-refractivity contribution in [2.24, 2.45) is 5.73 Å². The minimum Gasteiger partial charge on any atom is -0.324 e. The molecule has 0 saturated heterocycles. The van der Waals surface area contributed by atoms with Crippen LogP contribution >= 0.6 is 0 Å². The lowest BCUT2D eigenvalue weighted by molar-refractivity contribution is 0.790. The Morgan fingerprint density at radius 2 is 2.00 bits per heavy atom. The highest BCUT2D eigenvalue weighted by Crippen LogP contribution is 2.20. The summed E-state index contributed by atoms with van der Waals surface area (Å²) in [6.07, 6.45) is 5.35. The maximum Gasteiger partial charge on any atom is 0.161 e. The van der Waals surface area contributed by atoms with Crippen molar-refractivity contribution in [3.05, 3.63) is 41.5 Å². The summed E-state index contributed by atoms with van der Waals surface area (Å²) in [5.41, 5.74) is 9.83. The molecule has 1 atom stereocenters. The number of pyridine rings is 1. The average molecular weight is 228 g/mol. The first kappa shape index (κ1) is 11.7. The minimum atomic E-state index is -0.0426. The third-order valence-corrected chi connectivity index (χ3v) is 2.79. The third-order valence-electron chi connectivity index (χ3n) is 2.79. The van der Waals surface area contributed by atoms with Gasteiger partial charge in [-0.05, 0) is 32.4 Å². The zero-order valence-electron chi connectivity index (χ0n) is 10.3. The summed E-state index contributed by atoms with van der Waals surface area (Å²) in [5.74, 6) is 0.706. The molecule has 88 valence electrons. The summed E-state index contributed by atoms with van der Waals surface area (Å²) in [6.45, 7) is 5.91. The molecule has 4 heteroatoms. The van der Waals surface area contributed by atoms with Crippen LogP contribution < -0.4 is 5.73 Å². The van der Waals surface area contributed by atoms with E-state index >= 15 is 0 Å². The van der Waals surface area contributed by atoms with E-state index < -0.39 is 0 Å². The van der Waals surface area contributed by atoms with Crippen molar-refractivity contribution in [3.8, 4) is 11.4 Å². The lowest BCUT2D eigenvalue weighted by atomic mass is 10.1. The predicted molar refractivity (Wildman–Crippen MR) is 67.3 cm³/mol. The van der Waals surface area contributed by atoms with Crippen molar-refractivity contribution < 1.29 is 0 Å². The average Bonchev–Trinajstić information content (AvgIpc) is 2.29. The van der Waals surface area contributed by atoms with E-state index in [0.717, 1.165) is 22.4 Å². The fourth-order valence-electron chi connectivity index (χ4n) is 1.75. The first-order chi connectivity index (χ1) is 8.09. The summed E-state index contributed by atoms with van der Waals surface area (Å²) < 4.78 is 0. The molecule has 0 bridgehead atoms. The van der Waals surface area contributed by atoms with E-state index in [0.29, 0.717) is 5.82 Å². The van der Waals surface area contributed by atoms with Crippen LogP contribution in [0.4, 0.5) is 0 Å². The molecule has 2 aromatic heterocycles. The third kappa shape index (κ3) is 2.31. The summed E-state index contributed by atoms with van der Waals surface area (Å²) in [6, 6.07) is 1.91. The Labute approximate surface area is 101 Å². The van der Waals surface area contributed by atoms with Gasteiger partial charge in [-0.15, -0.1) is 0 Å². The van der Waals surface area contributed by atoms with E-state index in [1.807, 2.05) is 26.8 Å². The molecule has 0 spiro atoms. The summed E-state index contributed by atoms with van der Waals surface area (Å²) in [5, 5.41) is 0. The van der Waals surface area contributed by atoms with Gasteiger partial charge in [-0.2, -0.15) is 0 Å². The van der Waals surface area contributed by atoms with Gasteiger partial charge in [0.25, 0.3) is 0 Å². The van der Waals surface area contributed by atoms with Gasteiger partial charge in [-0.1, -0.05) is 0 Å². The van der Waals surface area contributed by atoms with E-state index in [-0.39, 0.29) is 6.04 Å². The van der Waals surface area contributed by atoms with Crippen molar-refractivity contribution in [3.63, 3.8) is 0 Å². The fraction of sp³-hybridized carbons (Fsp3) is 0.308. The summed E-state index contributed by atoms with van der Waals surface area (Å²) >= 11 is 0. The van der Waals surface area contributed by atoms with E-state index in [1.165, 1.54) is 0 Å². The van der Waals surface area contributed by atoms with Crippen LogP contribution in [0.25, 0.3) is 11.4 Å². The standard InChI is InChI=1S/C13H16N4/c1-8-4-5-15-6-11(8)13-16-7-12(9(2)14)10(3)17-13/h4-7,9H,14H2,1-3H3/t9-/m1/s1. The van der Waals surface area contributed by atoms with Crippen LogP contribution in [0.5, 0.6) is 0 Å². The quantitative estimate of drug-likeness (QED) is 0.855. The van der Waals surface area contributed by atoms with E-state index in [9.17, 15) is 0 Å². The van der Waals surface area contributed by atoms with E-state index in [2.05, 4.69) is 15.0 Å². The lowest BCUT2D eigenvalue weighted by Crippen LogP contribution is -2.09. The molecule has 0 aliphatic rings. The van der Waals surface area contributed by atoms with Crippen molar-refractivity contribution in [2.75, 3.05) is 0 Å². The smallest absolute Gasteiger partial charge is 0.161 e. The number of nitrogens with zero attached hydrogens (tertiary/aromatic N) is 3. The van der Waals surface area contributed by atoms with Crippen molar-refractivity contribution in [2.45, 2.75) is 26.8 Å². The Morgan fingerprint density at radius 1 is 1.24 bits per heavy atom. The number of nitrogens with two attached hydrogens (primary N) is 1. The fourth-order valence-corrected chi connectivity index (χ4v) is 1.75. The number of aromatic nitrogens is 3. The lowest BCUT2D eigenvalue weighted by Gasteiger charge is -2.10. The second-order valence-corrected chi connectivity index (χ2v) is 4.21. The second-order valence-electron chi connectivity index (χ2n) is 4.21. The van der Waals surface area contributed by atoms with Crippen molar-refractivity contribution in [1.29, 1.82) is 0 Å². The Kier molecular flexibility index (Phi) is 3.15. The number of hydrogen-bond acceptors (Lipinski definition) is 4. The molecule has 0 aliphatic heterocycles. The molecule has 0 aliphatic carbocycles. The Bertz CT molecular complexity index is 535. The highest BCUT2D eigenvalue weighted by Gasteiger charge is 2.09. The molecule has 4 nitrogen and oxygen atoms in total. The number of aryl methyl sites for hydroxylation is 2. The molecule has 0 amide bonds. The molecule has 0 aromatic carbocycles. The van der Waals surface area contributed by atoms with Crippen LogP contribution in [0.2, 0.25) is 0 Å². The first-order valence-corrected chi connectivity index (χ1v) is 5.59. The van der Waals surface area contributed by atoms with E-state index in [4.69, 9.17) is 5.73 Å². The van der Waals surface area contributed by atoms with Gasteiger partial charge in [0.2, 0.25) is 0 Å². The predicted octanol–water partition coefficient (Wildman–Crippen LogP) is 2.18. The minimum absolute atomic E-state index is 0.0426. The van der Waals surface area contributed by atoms with Crippen molar-refractivity contribution in [1.82, 2.24) is 15.0 Å². The van der Waals surface area contributed by atoms with Crippen molar-refractivity contribution >= 4 is 0 Å². The first-order valence-electron chi connectivity index (χ1n) is 5.59. The highest BCUT2D eigenvalue weighted by atomic mass is 14.9. The van der Waals surface area contributed by atoms with Gasteiger partial charge in [0.15, 0.2) is 5.82 Å². The van der Waals surface area contributed by atoms with Crippen LogP contribution in [0.1, 0.15) is 29.8 Å². The molecule has 2 aromatic rings. The normalized spacial score (nSPS) is 12.5. The zero-order chi connectivity index (χ0) is 12.4. The van der Waals surface area contributed by atoms with Crippen LogP contribution in [0, 0.1) is 13.8 Å². The van der Waals surface area contributed by atoms with Crippen LogP contribution in [0.15, 0.2) is 24.7 Å². The molecule has 0 saturated carbocycles.